The number of carbonyl (C=O) groups excluding carboxylic acids is 1. The van der Waals surface area contributed by atoms with Crippen molar-refractivity contribution in [1.82, 2.24) is 14.8 Å². The summed E-state index contributed by atoms with van der Waals surface area (Å²) in [4.78, 5) is 12.8. The van der Waals surface area contributed by atoms with Crippen LogP contribution < -0.4 is 14.8 Å². The first-order chi connectivity index (χ1) is 17.5. The number of benzene rings is 2. The third-order valence-corrected chi connectivity index (χ3v) is 6.28. The Hall–Kier alpha value is -4.16. The number of aromatic nitrogens is 3. The van der Waals surface area contributed by atoms with Crippen LogP contribution in [0, 0.1) is 17.2 Å². The van der Waals surface area contributed by atoms with Gasteiger partial charge in [0.2, 0.25) is 5.13 Å². The quantitative estimate of drug-likeness (QED) is 0.233. The number of carbonyl (C=O) groups is 1. The van der Waals surface area contributed by atoms with Crippen LogP contribution in [0.1, 0.15) is 24.4 Å². The molecule has 2 heterocycles. The van der Waals surface area contributed by atoms with E-state index in [0.717, 1.165) is 39.4 Å². The molecule has 1 amide bonds. The molecule has 9 heteroatoms. The lowest BCUT2D eigenvalue weighted by molar-refractivity contribution is -0.112. The third-order valence-electron chi connectivity index (χ3n) is 5.41. The van der Waals surface area contributed by atoms with Gasteiger partial charge in [-0.15, -0.1) is 10.2 Å². The SMILES string of the molecule is COc1ccc(OCCn2cc(/C=C(/C#N)C(=O)Nc3nnc(CC(C)C)s3)c3ccccc32)cc1. The molecule has 0 aliphatic rings. The molecular weight excluding hydrogens is 474 g/mol. The van der Waals surface area contributed by atoms with Crippen LogP contribution in [0.3, 0.4) is 0 Å². The van der Waals surface area contributed by atoms with Gasteiger partial charge in [-0.2, -0.15) is 5.26 Å². The Morgan fingerprint density at radius 3 is 2.64 bits per heavy atom. The van der Waals surface area contributed by atoms with Gasteiger partial charge in [0.1, 0.15) is 34.8 Å². The molecule has 4 aromatic rings. The minimum absolute atomic E-state index is 0.00649. The smallest absolute Gasteiger partial charge is 0.268 e. The Morgan fingerprint density at radius 2 is 1.92 bits per heavy atom. The van der Waals surface area contributed by atoms with Crippen molar-refractivity contribution in [3.63, 3.8) is 0 Å². The minimum Gasteiger partial charge on any atom is -0.497 e. The van der Waals surface area contributed by atoms with Crippen LogP contribution in [0.25, 0.3) is 17.0 Å². The molecule has 2 aromatic carbocycles. The van der Waals surface area contributed by atoms with Crippen molar-refractivity contribution in [3.8, 4) is 17.6 Å². The molecule has 0 unspecified atom stereocenters. The topological polar surface area (TPSA) is 102 Å². The first-order valence-corrected chi connectivity index (χ1v) is 12.4. The highest BCUT2D eigenvalue weighted by Crippen LogP contribution is 2.25. The maximum atomic E-state index is 12.8. The second-order valence-corrected chi connectivity index (χ2v) is 9.60. The number of para-hydroxylation sites is 1. The number of anilines is 1. The van der Waals surface area contributed by atoms with Crippen LogP contribution in [0.2, 0.25) is 0 Å². The summed E-state index contributed by atoms with van der Waals surface area (Å²) in [5, 5.41) is 22.7. The van der Waals surface area contributed by atoms with Gasteiger partial charge in [0.25, 0.3) is 5.91 Å². The summed E-state index contributed by atoms with van der Waals surface area (Å²) in [6.45, 7) is 5.24. The van der Waals surface area contributed by atoms with Crippen molar-refractivity contribution >= 4 is 39.4 Å². The van der Waals surface area contributed by atoms with E-state index in [-0.39, 0.29) is 5.57 Å². The Bertz CT molecular complexity index is 1410. The van der Waals surface area contributed by atoms with Crippen LogP contribution in [-0.4, -0.2) is 34.4 Å². The summed E-state index contributed by atoms with van der Waals surface area (Å²) in [5.74, 6) is 1.46. The number of rotatable bonds is 10. The summed E-state index contributed by atoms with van der Waals surface area (Å²) < 4.78 is 13.1. The number of amides is 1. The number of fused-ring (bicyclic) bond motifs is 1. The van der Waals surface area contributed by atoms with Gasteiger partial charge in [-0.25, -0.2) is 0 Å². The van der Waals surface area contributed by atoms with E-state index >= 15 is 0 Å². The van der Waals surface area contributed by atoms with Gasteiger partial charge >= 0.3 is 0 Å². The van der Waals surface area contributed by atoms with Crippen LogP contribution in [0.4, 0.5) is 5.13 Å². The van der Waals surface area contributed by atoms with E-state index in [1.165, 1.54) is 11.3 Å². The molecule has 0 bridgehead atoms. The van der Waals surface area contributed by atoms with Gasteiger partial charge in [0.05, 0.1) is 13.7 Å². The molecule has 0 radical (unpaired) electrons. The molecule has 0 saturated carbocycles. The average molecular weight is 502 g/mol. The van der Waals surface area contributed by atoms with Gasteiger partial charge in [-0.3, -0.25) is 10.1 Å². The molecule has 4 rings (SSSR count). The molecule has 184 valence electrons. The predicted molar refractivity (Wildman–Crippen MR) is 141 cm³/mol. The van der Waals surface area contributed by atoms with Crippen molar-refractivity contribution < 1.29 is 14.3 Å². The van der Waals surface area contributed by atoms with Crippen molar-refractivity contribution in [2.75, 3.05) is 19.0 Å². The molecule has 0 fully saturated rings. The van der Waals surface area contributed by atoms with Crippen LogP contribution in [0.5, 0.6) is 11.5 Å². The molecule has 0 spiro atoms. The first-order valence-electron chi connectivity index (χ1n) is 11.6. The standard InChI is InChI=1S/C27H27N5O3S/c1-18(2)14-25-30-31-27(36-25)29-26(33)19(16-28)15-20-17-32(24-7-5-4-6-23(20)24)12-13-35-22-10-8-21(34-3)9-11-22/h4-11,15,17-18H,12-14H2,1-3H3,(H,29,31,33)/b19-15-. The zero-order valence-corrected chi connectivity index (χ0v) is 21.2. The normalized spacial score (nSPS) is 11.5. The second-order valence-electron chi connectivity index (χ2n) is 8.54. The Kier molecular flexibility index (Phi) is 7.98. The molecule has 8 nitrogen and oxygen atoms in total. The van der Waals surface area contributed by atoms with Gasteiger partial charge in [0, 0.05) is 29.1 Å². The van der Waals surface area contributed by atoms with Crippen molar-refractivity contribution in [2.45, 2.75) is 26.8 Å². The van der Waals surface area contributed by atoms with E-state index in [0.29, 0.717) is 24.2 Å². The van der Waals surface area contributed by atoms with Gasteiger partial charge < -0.3 is 14.0 Å². The lowest BCUT2D eigenvalue weighted by atomic mass is 10.1. The predicted octanol–water partition coefficient (Wildman–Crippen LogP) is 5.32. The summed E-state index contributed by atoms with van der Waals surface area (Å²) in [7, 11) is 1.63. The molecule has 0 atom stereocenters. The van der Waals surface area contributed by atoms with E-state index in [2.05, 4.69) is 33.9 Å². The Balaban J connectivity index is 1.49. The van der Waals surface area contributed by atoms with Crippen molar-refractivity contribution in [1.29, 1.82) is 5.26 Å². The fourth-order valence-electron chi connectivity index (χ4n) is 3.71. The van der Waals surface area contributed by atoms with Crippen LogP contribution >= 0.6 is 11.3 Å². The monoisotopic (exact) mass is 501 g/mol. The zero-order chi connectivity index (χ0) is 25.5. The number of hydrogen-bond donors (Lipinski definition) is 1. The highest BCUT2D eigenvalue weighted by atomic mass is 32.1. The number of methoxy groups -OCH3 is 1. The number of nitriles is 1. The first kappa shape index (κ1) is 24.9. The minimum atomic E-state index is -0.510. The summed E-state index contributed by atoms with van der Waals surface area (Å²) in [5.41, 5.74) is 1.76. The van der Waals surface area contributed by atoms with E-state index in [1.807, 2.05) is 60.8 Å². The third kappa shape index (κ3) is 6.09. The number of ether oxygens (including phenoxy) is 2. The molecule has 0 aliphatic carbocycles. The van der Waals surface area contributed by atoms with Crippen LogP contribution in [0.15, 0.2) is 60.3 Å². The lowest BCUT2D eigenvalue weighted by Crippen LogP contribution is -2.13. The van der Waals surface area contributed by atoms with Crippen molar-refractivity contribution in [2.24, 2.45) is 5.92 Å². The Morgan fingerprint density at radius 1 is 1.17 bits per heavy atom. The highest BCUT2D eigenvalue weighted by Gasteiger charge is 2.15. The molecule has 36 heavy (non-hydrogen) atoms. The highest BCUT2D eigenvalue weighted by molar-refractivity contribution is 7.15. The Labute approximate surface area is 213 Å². The van der Waals surface area contributed by atoms with Crippen LogP contribution in [-0.2, 0) is 17.8 Å². The lowest BCUT2D eigenvalue weighted by Gasteiger charge is -2.09. The molecule has 0 saturated heterocycles. The fraction of sp³-hybridized carbons (Fsp3) is 0.259. The van der Waals surface area contributed by atoms with Crippen molar-refractivity contribution in [3.05, 3.63) is 70.9 Å². The number of hydrogen-bond acceptors (Lipinski definition) is 7. The summed E-state index contributed by atoms with van der Waals surface area (Å²) >= 11 is 1.32. The summed E-state index contributed by atoms with van der Waals surface area (Å²) in [6.07, 6.45) is 4.32. The van der Waals surface area contributed by atoms with E-state index in [4.69, 9.17) is 9.47 Å². The second kappa shape index (κ2) is 11.5. The van der Waals surface area contributed by atoms with Gasteiger partial charge in [-0.05, 0) is 42.3 Å². The summed E-state index contributed by atoms with van der Waals surface area (Å²) in [6, 6.07) is 17.3. The molecule has 1 N–H and O–H groups in total. The zero-order valence-electron chi connectivity index (χ0n) is 20.4. The molecule has 2 aromatic heterocycles. The number of nitrogens with zero attached hydrogens (tertiary/aromatic N) is 4. The van der Waals surface area contributed by atoms with E-state index < -0.39 is 5.91 Å². The number of nitrogens with one attached hydrogen (secondary N) is 1. The average Bonchev–Trinajstić information content (AvgIpc) is 3.46. The maximum Gasteiger partial charge on any atom is 0.268 e. The van der Waals surface area contributed by atoms with E-state index in [1.54, 1.807) is 13.2 Å². The van der Waals surface area contributed by atoms with Gasteiger partial charge in [0.15, 0.2) is 0 Å². The maximum absolute atomic E-state index is 12.8. The van der Waals surface area contributed by atoms with E-state index in [9.17, 15) is 10.1 Å². The molecule has 0 aliphatic heterocycles. The molecular formula is C27H27N5O3S. The fourth-order valence-corrected chi connectivity index (χ4v) is 4.66. The van der Waals surface area contributed by atoms with Gasteiger partial charge in [-0.1, -0.05) is 43.4 Å². The largest absolute Gasteiger partial charge is 0.497 e.